The summed E-state index contributed by atoms with van der Waals surface area (Å²) < 4.78 is 25.7. The number of rotatable bonds is 8. The van der Waals surface area contributed by atoms with Crippen molar-refractivity contribution >= 4 is 37.7 Å². The first kappa shape index (κ1) is 21.4. The molecule has 0 saturated carbocycles. The van der Waals surface area contributed by atoms with Gasteiger partial charge in [-0.15, -0.1) is 5.11 Å². The standard InChI is InChI=1S/C21H21N3O5S/c1-3-4-13-30(27,28)20-14-19(21(25)18-8-6-5-7-17(18)20)23-22-15-9-11-16(12-10-15)24(26)29-2/h5-12,14H,3-4,13H2,1-2H3/p+1. The van der Waals surface area contributed by atoms with Crippen molar-refractivity contribution in [3.05, 3.63) is 59.5 Å². The number of phenolic OH excluding ortho intramolecular Hbond substituents is 1. The Balaban J connectivity index is 2.05. The molecule has 0 aliphatic rings. The number of aromatic hydroxyl groups is 1. The highest BCUT2D eigenvalue weighted by molar-refractivity contribution is 7.91. The Kier molecular flexibility index (Phi) is 6.41. The van der Waals surface area contributed by atoms with Crippen molar-refractivity contribution in [1.82, 2.24) is 0 Å². The Morgan fingerprint density at radius 2 is 1.70 bits per heavy atom. The molecule has 0 atom stereocenters. The van der Waals surface area contributed by atoms with E-state index in [1.807, 2.05) is 6.92 Å². The number of benzene rings is 3. The van der Waals surface area contributed by atoms with Gasteiger partial charge in [0.2, 0.25) is 0 Å². The average molecular weight is 428 g/mol. The first-order valence-corrected chi connectivity index (χ1v) is 11.0. The third-order valence-electron chi connectivity index (χ3n) is 4.56. The largest absolute Gasteiger partial charge is 0.505 e. The summed E-state index contributed by atoms with van der Waals surface area (Å²) in [6, 6.07) is 14.2. The number of azo groups is 1. The van der Waals surface area contributed by atoms with E-state index in [-0.39, 0.29) is 27.8 Å². The summed E-state index contributed by atoms with van der Waals surface area (Å²) >= 11 is 0. The molecular weight excluding hydrogens is 406 g/mol. The lowest BCUT2D eigenvalue weighted by Crippen LogP contribution is -2.07. The Bertz CT molecular complexity index is 1210. The van der Waals surface area contributed by atoms with E-state index in [1.54, 1.807) is 36.4 Å². The molecule has 156 valence electrons. The van der Waals surface area contributed by atoms with E-state index in [0.29, 0.717) is 27.8 Å². The summed E-state index contributed by atoms with van der Waals surface area (Å²) in [6.07, 6.45) is 1.29. The molecule has 3 rings (SSSR count). The van der Waals surface area contributed by atoms with Gasteiger partial charge in [-0.25, -0.2) is 13.3 Å². The third-order valence-corrected chi connectivity index (χ3v) is 6.39. The molecule has 0 bridgehead atoms. The van der Waals surface area contributed by atoms with Crippen LogP contribution in [0.5, 0.6) is 5.75 Å². The van der Waals surface area contributed by atoms with Gasteiger partial charge in [0.1, 0.15) is 5.69 Å². The number of hydrogen-bond acceptors (Lipinski definition) is 7. The summed E-state index contributed by atoms with van der Waals surface area (Å²) in [4.78, 5) is 16.5. The molecule has 0 spiro atoms. The summed E-state index contributed by atoms with van der Waals surface area (Å²) in [5.74, 6) is -0.132. The minimum absolute atomic E-state index is 0.0154. The average Bonchev–Trinajstić information content (AvgIpc) is 2.77. The number of fused-ring (bicyclic) bond motifs is 1. The molecule has 0 unspecified atom stereocenters. The van der Waals surface area contributed by atoms with Gasteiger partial charge >= 0.3 is 5.69 Å². The number of phenols is 1. The Hall–Kier alpha value is -3.33. The molecule has 8 nitrogen and oxygen atoms in total. The Morgan fingerprint density at radius 3 is 2.33 bits per heavy atom. The van der Waals surface area contributed by atoms with Gasteiger partial charge in [0, 0.05) is 22.9 Å². The molecule has 0 saturated heterocycles. The van der Waals surface area contributed by atoms with Gasteiger partial charge in [-0.05, 0) is 24.6 Å². The van der Waals surface area contributed by atoms with Crippen LogP contribution in [-0.4, -0.2) is 31.3 Å². The lowest BCUT2D eigenvalue weighted by atomic mass is 10.1. The maximum Gasteiger partial charge on any atom is 0.316 e. The Morgan fingerprint density at radius 1 is 1.03 bits per heavy atom. The lowest BCUT2D eigenvalue weighted by Gasteiger charge is -2.11. The van der Waals surface area contributed by atoms with Crippen LogP contribution in [0.1, 0.15) is 19.8 Å². The SMILES string of the molecule is CCCCS(=O)(=O)c1cc(N=Nc2ccc([N+](=O)OC)cc2)c(O)c2ccccc12. The van der Waals surface area contributed by atoms with Crippen molar-refractivity contribution in [3.8, 4) is 5.75 Å². The summed E-state index contributed by atoms with van der Waals surface area (Å²) in [7, 11) is -2.30. The third kappa shape index (κ3) is 4.46. The quantitative estimate of drug-likeness (QED) is 0.376. The van der Waals surface area contributed by atoms with Crippen molar-refractivity contribution < 1.29 is 23.3 Å². The smallest absolute Gasteiger partial charge is 0.316 e. The molecule has 3 aromatic carbocycles. The van der Waals surface area contributed by atoms with E-state index in [9.17, 15) is 18.4 Å². The fraction of sp³-hybridized carbons (Fsp3) is 0.238. The van der Waals surface area contributed by atoms with Gasteiger partial charge in [-0.3, -0.25) is 0 Å². The normalized spacial score (nSPS) is 11.8. The summed E-state index contributed by atoms with van der Waals surface area (Å²) in [6.45, 7) is 1.92. The van der Waals surface area contributed by atoms with Crippen LogP contribution >= 0.6 is 0 Å². The molecule has 0 radical (unpaired) electrons. The predicted octanol–water partition coefficient (Wildman–Crippen LogP) is 5.51. The second-order valence-corrected chi connectivity index (χ2v) is 8.69. The van der Waals surface area contributed by atoms with E-state index in [4.69, 9.17) is 0 Å². The fourth-order valence-corrected chi connectivity index (χ4v) is 4.64. The molecule has 0 aliphatic carbocycles. The lowest BCUT2D eigenvalue weighted by molar-refractivity contribution is -0.736. The van der Waals surface area contributed by atoms with E-state index in [2.05, 4.69) is 15.1 Å². The maximum absolute atomic E-state index is 12.9. The van der Waals surface area contributed by atoms with Crippen LogP contribution in [-0.2, 0) is 14.7 Å². The van der Waals surface area contributed by atoms with E-state index < -0.39 is 9.84 Å². The highest BCUT2D eigenvalue weighted by Crippen LogP contribution is 2.40. The fourth-order valence-electron chi connectivity index (χ4n) is 2.95. The molecule has 1 N–H and O–H groups in total. The van der Waals surface area contributed by atoms with Crippen molar-refractivity contribution in [3.63, 3.8) is 0 Å². The molecule has 0 amide bonds. The topological polar surface area (TPSA) is 108 Å². The molecule has 0 fully saturated rings. The first-order valence-electron chi connectivity index (χ1n) is 9.38. The van der Waals surface area contributed by atoms with Gasteiger partial charge in [0.15, 0.2) is 22.7 Å². The van der Waals surface area contributed by atoms with Gasteiger partial charge in [0.05, 0.1) is 21.2 Å². The van der Waals surface area contributed by atoms with Crippen LogP contribution in [0.4, 0.5) is 17.1 Å². The highest BCUT2D eigenvalue weighted by Gasteiger charge is 2.21. The second-order valence-electron chi connectivity index (χ2n) is 6.62. The van der Waals surface area contributed by atoms with Gasteiger partial charge < -0.3 is 5.11 Å². The zero-order chi connectivity index (χ0) is 21.7. The van der Waals surface area contributed by atoms with Crippen LogP contribution in [0.3, 0.4) is 0 Å². The van der Waals surface area contributed by atoms with E-state index in [0.717, 1.165) is 6.42 Å². The van der Waals surface area contributed by atoms with E-state index >= 15 is 0 Å². The molecule has 30 heavy (non-hydrogen) atoms. The molecule has 0 aliphatic heterocycles. The van der Waals surface area contributed by atoms with Crippen LogP contribution < -0.4 is 0 Å². The molecule has 0 aromatic heterocycles. The van der Waals surface area contributed by atoms with Gasteiger partial charge in [-0.2, -0.15) is 5.11 Å². The first-order chi connectivity index (χ1) is 14.4. The molecule has 0 heterocycles. The zero-order valence-electron chi connectivity index (χ0n) is 16.6. The van der Waals surface area contributed by atoms with E-state index in [1.165, 1.54) is 25.3 Å². The molecule has 3 aromatic rings. The summed E-state index contributed by atoms with van der Waals surface area (Å²) in [5.41, 5.74) is 0.760. The van der Waals surface area contributed by atoms with Crippen LogP contribution in [0, 0.1) is 4.91 Å². The minimum Gasteiger partial charge on any atom is -0.505 e. The maximum atomic E-state index is 12.9. The monoisotopic (exact) mass is 428 g/mol. The molecular formula is C21H22N3O5S+. The number of nitrogens with zero attached hydrogens (tertiary/aromatic N) is 3. The highest BCUT2D eigenvalue weighted by atomic mass is 32.2. The molecule has 9 heteroatoms. The van der Waals surface area contributed by atoms with Crippen LogP contribution in [0.15, 0.2) is 69.7 Å². The second kappa shape index (κ2) is 9.00. The summed E-state index contributed by atoms with van der Waals surface area (Å²) in [5, 5.41) is 19.6. The van der Waals surface area contributed by atoms with Gasteiger partial charge in [0.25, 0.3) is 4.92 Å². The van der Waals surface area contributed by atoms with Crippen molar-refractivity contribution in [2.24, 2.45) is 10.2 Å². The van der Waals surface area contributed by atoms with Crippen LogP contribution in [0.25, 0.3) is 10.8 Å². The van der Waals surface area contributed by atoms with Gasteiger partial charge in [-0.1, -0.05) is 37.6 Å². The zero-order valence-corrected chi connectivity index (χ0v) is 17.5. The number of sulfone groups is 1. The minimum atomic E-state index is -3.56. The number of unbranched alkanes of at least 4 members (excludes halogenated alkanes) is 1. The van der Waals surface area contributed by atoms with Crippen LogP contribution in [0.2, 0.25) is 0 Å². The van der Waals surface area contributed by atoms with Crippen molar-refractivity contribution in [2.45, 2.75) is 24.7 Å². The van der Waals surface area contributed by atoms with Crippen molar-refractivity contribution in [2.75, 3.05) is 12.9 Å². The number of hydrogen-bond donors (Lipinski definition) is 1. The Labute approximate surface area is 174 Å². The van der Waals surface area contributed by atoms with Crippen molar-refractivity contribution in [1.29, 1.82) is 0 Å². The predicted molar refractivity (Wildman–Crippen MR) is 113 cm³/mol.